The predicted octanol–water partition coefficient (Wildman–Crippen LogP) is 4.48. The second-order valence-electron chi connectivity index (χ2n) is 7.58. The smallest absolute Gasteiger partial charge is 0.223 e. The summed E-state index contributed by atoms with van der Waals surface area (Å²) < 4.78 is 6.50. The molecule has 2 aliphatic rings. The van der Waals surface area contributed by atoms with Gasteiger partial charge in [-0.15, -0.1) is 0 Å². The second kappa shape index (κ2) is 6.41. The lowest BCUT2D eigenvalue weighted by Gasteiger charge is -2.49. The van der Waals surface area contributed by atoms with Gasteiger partial charge in [-0.2, -0.15) is 0 Å². The van der Waals surface area contributed by atoms with Gasteiger partial charge in [0.1, 0.15) is 11.4 Å². The third-order valence-corrected chi connectivity index (χ3v) is 6.33. The Labute approximate surface area is 168 Å². The summed E-state index contributed by atoms with van der Waals surface area (Å²) in [6.45, 7) is 5.09. The largest absolute Gasteiger partial charge is 0.496 e. The Morgan fingerprint density at radius 3 is 2.78 bits per heavy atom. The van der Waals surface area contributed by atoms with Crippen LogP contribution in [-0.4, -0.2) is 25.2 Å². The van der Waals surface area contributed by atoms with E-state index in [-0.39, 0.29) is 11.3 Å². The van der Waals surface area contributed by atoms with Crippen molar-refractivity contribution in [3.05, 3.63) is 64.1 Å². The summed E-state index contributed by atoms with van der Waals surface area (Å²) in [6, 6.07) is 14.3. The fourth-order valence-electron chi connectivity index (χ4n) is 4.36. The van der Waals surface area contributed by atoms with E-state index < -0.39 is 5.66 Å². The molecule has 0 bridgehead atoms. The first-order valence-corrected chi connectivity index (χ1v) is 9.89. The van der Waals surface area contributed by atoms with Crippen LogP contribution in [0.2, 0.25) is 0 Å². The van der Waals surface area contributed by atoms with Crippen LogP contribution in [0.5, 0.6) is 5.75 Å². The molecule has 0 spiro atoms. The minimum Gasteiger partial charge on any atom is -0.496 e. The number of fused-ring (bicyclic) bond motifs is 3. The molecule has 1 atom stereocenters. The Balaban J connectivity index is 1.86. The number of para-hydroxylation sites is 1. The molecule has 1 fully saturated rings. The average Bonchev–Trinajstić information content (AvgIpc) is 2.85. The van der Waals surface area contributed by atoms with Gasteiger partial charge in [-0.1, -0.05) is 54.1 Å². The third-order valence-electron chi connectivity index (χ3n) is 5.84. The van der Waals surface area contributed by atoms with Crippen LogP contribution in [0, 0.1) is 0 Å². The molecule has 1 amide bonds. The molecule has 0 radical (unpaired) electrons. The number of amides is 1. The van der Waals surface area contributed by atoms with Crippen molar-refractivity contribution in [1.82, 2.24) is 5.32 Å². The van der Waals surface area contributed by atoms with Crippen molar-refractivity contribution in [1.29, 1.82) is 0 Å². The maximum Gasteiger partial charge on any atom is 0.223 e. The van der Waals surface area contributed by atoms with Gasteiger partial charge < -0.3 is 15.0 Å². The van der Waals surface area contributed by atoms with Crippen molar-refractivity contribution in [2.24, 2.45) is 0 Å². The molecule has 1 N–H and O–H groups in total. The number of carbonyl (C=O) groups is 1. The van der Waals surface area contributed by atoms with Gasteiger partial charge in [0, 0.05) is 34.1 Å². The van der Waals surface area contributed by atoms with Crippen LogP contribution in [0.1, 0.15) is 31.4 Å². The number of halogens is 1. The van der Waals surface area contributed by atoms with Gasteiger partial charge in [-0.05, 0) is 35.9 Å². The molecule has 4 nitrogen and oxygen atoms in total. The molecule has 0 saturated carbocycles. The molecule has 2 heterocycles. The SMILES string of the molecule is COc1ccc(Br)cc1C=C[C@@]12NC(=O)CCN1c1ccccc1C2(C)C. The molecule has 2 aliphatic heterocycles. The minimum absolute atomic E-state index is 0.0815. The monoisotopic (exact) mass is 426 g/mol. The van der Waals surface area contributed by atoms with Crippen LogP contribution < -0.4 is 15.0 Å². The van der Waals surface area contributed by atoms with Crippen molar-refractivity contribution in [2.45, 2.75) is 31.3 Å². The van der Waals surface area contributed by atoms with E-state index in [2.05, 4.69) is 76.4 Å². The van der Waals surface area contributed by atoms with E-state index in [1.165, 1.54) is 11.3 Å². The van der Waals surface area contributed by atoms with Crippen molar-refractivity contribution in [3.8, 4) is 5.75 Å². The molecule has 27 heavy (non-hydrogen) atoms. The normalized spacial score (nSPS) is 23.1. The molecule has 2 aromatic carbocycles. The molecule has 4 rings (SSSR count). The molecule has 0 aliphatic carbocycles. The summed E-state index contributed by atoms with van der Waals surface area (Å²) in [5.41, 5.74) is 2.51. The molecule has 0 aromatic heterocycles. The molecular formula is C22H23BrN2O2. The van der Waals surface area contributed by atoms with Crippen molar-refractivity contribution in [2.75, 3.05) is 18.6 Å². The average molecular weight is 427 g/mol. The van der Waals surface area contributed by atoms with Gasteiger partial charge in [0.2, 0.25) is 5.91 Å². The number of benzene rings is 2. The van der Waals surface area contributed by atoms with Crippen molar-refractivity contribution >= 4 is 33.6 Å². The van der Waals surface area contributed by atoms with Crippen LogP contribution in [0.3, 0.4) is 0 Å². The first-order chi connectivity index (χ1) is 12.9. The first-order valence-electron chi connectivity index (χ1n) is 9.10. The molecule has 5 heteroatoms. The predicted molar refractivity (Wildman–Crippen MR) is 112 cm³/mol. The molecular weight excluding hydrogens is 404 g/mol. The topological polar surface area (TPSA) is 41.6 Å². The van der Waals surface area contributed by atoms with Gasteiger partial charge in [0.15, 0.2) is 0 Å². The standard InChI is InChI=1S/C22H23BrN2O2/c1-21(2)17-6-4-5-7-18(17)25-13-11-20(26)24-22(21,25)12-10-15-14-16(23)8-9-19(15)27-3/h4-10,12,14H,11,13H2,1-3H3,(H,24,26)/t22-/m1/s1. The number of anilines is 1. The Hall–Kier alpha value is -2.27. The maximum atomic E-state index is 12.4. The van der Waals surface area contributed by atoms with E-state index in [1.54, 1.807) is 7.11 Å². The summed E-state index contributed by atoms with van der Waals surface area (Å²) in [7, 11) is 1.67. The number of nitrogens with zero attached hydrogens (tertiary/aromatic N) is 1. The second-order valence-corrected chi connectivity index (χ2v) is 8.49. The van der Waals surface area contributed by atoms with Crippen LogP contribution >= 0.6 is 15.9 Å². The number of hydrogen-bond donors (Lipinski definition) is 1. The zero-order valence-corrected chi connectivity index (χ0v) is 17.3. The summed E-state index contributed by atoms with van der Waals surface area (Å²) in [5, 5.41) is 3.30. The van der Waals surface area contributed by atoms with Crippen LogP contribution in [0.15, 0.2) is 53.0 Å². The Morgan fingerprint density at radius 1 is 1.22 bits per heavy atom. The zero-order chi connectivity index (χ0) is 19.2. The number of carbonyl (C=O) groups excluding carboxylic acids is 1. The minimum atomic E-state index is -0.612. The number of ether oxygens (including phenoxy) is 1. The Morgan fingerprint density at radius 2 is 2.00 bits per heavy atom. The summed E-state index contributed by atoms with van der Waals surface area (Å²) in [5.74, 6) is 0.880. The fraction of sp³-hybridized carbons (Fsp3) is 0.318. The van der Waals surface area contributed by atoms with Crippen molar-refractivity contribution in [3.63, 3.8) is 0 Å². The molecule has 140 valence electrons. The van der Waals surface area contributed by atoms with Gasteiger partial charge in [0.25, 0.3) is 0 Å². The maximum absolute atomic E-state index is 12.4. The summed E-state index contributed by atoms with van der Waals surface area (Å²) in [4.78, 5) is 14.8. The Kier molecular flexibility index (Phi) is 4.30. The lowest BCUT2D eigenvalue weighted by atomic mass is 9.74. The fourth-order valence-corrected chi connectivity index (χ4v) is 4.74. The van der Waals surface area contributed by atoms with E-state index >= 15 is 0 Å². The quantitative estimate of drug-likeness (QED) is 0.785. The van der Waals surface area contributed by atoms with E-state index in [9.17, 15) is 4.79 Å². The molecule has 0 unspecified atom stereocenters. The third kappa shape index (κ3) is 2.67. The van der Waals surface area contributed by atoms with E-state index in [1.807, 2.05) is 18.2 Å². The number of nitrogens with one attached hydrogen (secondary N) is 1. The van der Waals surface area contributed by atoms with Crippen molar-refractivity contribution < 1.29 is 9.53 Å². The highest BCUT2D eigenvalue weighted by Crippen LogP contribution is 2.52. The van der Waals surface area contributed by atoms with Crippen LogP contribution in [0.4, 0.5) is 5.69 Å². The zero-order valence-electron chi connectivity index (χ0n) is 15.8. The van der Waals surface area contributed by atoms with Gasteiger partial charge in [-0.25, -0.2) is 0 Å². The lowest BCUT2D eigenvalue weighted by molar-refractivity contribution is -0.124. The van der Waals surface area contributed by atoms with Crippen LogP contribution in [-0.2, 0) is 10.2 Å². The summed E-state index contributed by atoms with van der Waals surface area (Å²) in [6.07, 6.45) is 4.67. The van der Waals surface area contributed by atoms with E-state index in [4.69, 9.17) is 4.74 Å². The first kappa shape index (κ1) is 18.1. The Bertz CT molecular complexity index is 938. The molecule has 1 saturated heterocycles. The van der Waals surface area contributed by atoms with Gasteiger partial charge in [-0.3, -0.25) is 4.79 Å². The highest BCUT2D eigenvalue weighted by Gasteiger charge is 2.57. The lowest BCUT2D eigenvalue weighted by Crippen LogP contribution is -2.68. The van der Waals surface area contributed by atoms with Gasteiger partial charge in [0.05, 0.1) is 7.11 Å². The summed E-state index contributed by atoms with van der Waals surface area (Å²) >= 11 is 3.53. The number of hydrogen-bond acceptors (Lipinski definition) is 3. The number of rotatable bonds is 3. The van der Waals surface area contributed by atoms with Gasteiger partial charge >= 0.3 is 0 Å². The van der Waals surface area contributed by atoms with E-state index in [0.29, 0.717) is 13.0 Å². The van der Waals surface area contributed by atoms with E-state index in [0.717, 1.165) is 15.8 Å². The van der Waals surface area contributed by atoms with Crippen LogP contribution in [0.25, 0.3) is 6.08 Å². The number of methoxy groups -OCH3 is 1. The highest BCUT2D eigenvalue weighted by molar-refractivity contribution is 9.10. The highest BCUT2D eigenvalue weighted by atomic mass is 79.9. The molecule has 2 aromatic rings.